The highest BCUT2D eigenvalue weighted by Gasteiger charge is 2.51. The topological polar surface area (TPSA) is 26.3 Å². The normalized spacial score (nSPS) is 38.2. The van der Waals surface area contributed by atoms with Gasteiger partial charge < -0.3 is 4.74 Å². The second kappa shape index (κ2) is 6.27. The Balaban J connectivity index is 1.21. The molecule has 0 saturated heterocycles. The number of carbonyl (C=O) groups excluding carboxylic acids is 1. The summed E-state index contributed by atoms with van der Waals surface area (Å²) in [6.07, 6.45) is 18.2. The fourth-order valence-corrected chi connectivity index (χ4v) is 6.55. The first kappa shape index (κ1) is 17.9. The highest BCUT2D eigenvalue weighted by molar-refractivity contribution is 5.73. The van der Waals surface area contributed by atoms with Crippen LogP contribution in [0.1, 0.15) is 104 Å². The minimum atomic E-state index is -0.341. The quantitative estimate of drug-likeness (QED) is 0.550. The SMILES string of the molecule is CC(C)(C)OC(=O)C1CCC2(CC1)CC(C1CCC3(CCC3)CC1)C2. The fourth-order valence-electron chi connectivity index (χ4n) is 6.55. The van der Waals surface area contributed by atoms with Gasteiger partial charge in [0, 0.05) is 0 Å². The van der Waals surface area contributed by atoms with Crippen LogP contribution in [0.5, 0.6) is 0 Å². The van der Waals surface area contributed by atoms with Crippen LogP contribution >= 0.6 is 0 Å². The summed E-state index contributed by atoms with van der Waals surface area (Å²) in [6, 6.07) is 0. The van der Waals surface area contributed by atoms with Crippen LogP contribution in [0.25, 0.3) is 0 Å². The average molecular weight is 347 g/mol. The molecule has 0 aromatic rings. The van der Waals surface area contributed by atoms with Gasteiger partial charge in [-0.15, -0.1) is 0 Å². The van der Waals surface area contributed by atoms with E-state index in [9.17, 15) is 4.79 Å². The van der Waals surface area contributed by atoms with Crippen LogP contribution in [0.4, 0.5) is 0 Å². The van der Waals surface area contributed by atoms with Crippen molar-refractivity contribution in [3.8, 4) is 0 Å². The first-order valence-electron chi connectivity index (χ1n) is 11.0. The summed E-state index contributed by atoms with van der Waals surface area (Å²) in [5, 5.41) is 0. The molecule has 2 nitrogen and oxygen atoms in total. The van der Waals surface area contributed by atoms with E-state index in [1.54, 1.807) is 0 Å². The summed E-state index contributed by atoms with van der Waals surface area (Å²) in [5.74, 6) is 2.25. The predicted molar refractivity (Wildman–Crippen MR) is 101 cm³/mol. The number of ether oxygens (including phenoxy) is 1. The second-order valence-corrected chi connectivity index (χ2v) is 11.2. The van der Waals surface area contributed by atoms with Crippen molar-refractivity contribution in [3.05, 3.63) is 0 Å². The minimum absolute atomic E-state index is 0.0521. The first-order chi connectivity index (χ1) is 11.8. The molecule has 4 aliphatic carbocycles. The average Bonchev–Trinajstić information content (AvgIpc) is 2.50. The number of esters is 1. The third-order valence-electron chi connectivity index (χ3n) is 8.35. The number of hydrogen-bond donors (Lipinski definition) is 0. The molecule has 4 rings (SSSR count). The van der Waals surface area contributed by atoms with Crippen molar-refractivity contribution < 1.29 is 9.53 Å². The Labute approximate surface area is 154 Å². The zero-order valence-corrected chi connectivity index (χ0v) is 16.7. The van der Waals surface area contributed by atoms with E-state index in [1.807, 2.05) is 20.8 Å². The largest absolute Gasteiger partial charge is 0.460 e. The van der Waals surface area contributed by atoms with Gasteiger partial charge in [0.15, 0.2) is 0 Å². The molecule has 142 valence electrons. The summed E-state index contributed by atoms with van der Waals surface area (Å²) in [4.78, 5) is 12.3. The van der Waals surface area contributed by atoms with E-state index in [0.717, 1.165) is 30.1 Å². The Hall–Kier alpha value is -0.530. The molecule has 0 atom stereocenters. The summed E-state index contributed by atoms with van der Waals surface area (Å²) < 4.78 is 5.61. The van der Waals surface area contributed by atoms with Gasteiger partial charge in [0.05, 0.1) is 5.92 Å². The van der Waals surface area contributed by atoms with E-state index >= 15 is 0 Å². The minimum Gasteiger partial charge on any atom is -0.460 e. The standard InChI is InChI=1S/C23H38O2/c1-21(2,3)25-20(24)18-7-13-23(14-8-18)15-19(16-23)17-5-11-22(12-6-17)9-4-10-22/h17-19H,4-16H2,1-3H3. The van der Waals surface area contributed by atoms with Crippen molar-refractivity contribution in [2.75, 3.05) is 0 Å². The van der Waals surface area contributed by atoms with E-state index in [1.165, 1.54) is 70.6 Å². The van der Waals surface area contributed by atoms with Crippen LogP contribution < -0.4 is 0 Å². The number of carbonyl (C=O) groups is 1. The molecule has 2 heteroatoms. The lowest BCUT2D eigenvalue weighted by Crippen LogP contribution is -2.46. The zero-order chi connectivity index (χ0) is 17.7. The molecule has 25 heavy (non-hydrogen) atoms. The number of rotatable bonds is 2. The maximum atomic E-state index is 12.3. The van der Waals surface area contributed by atoms with E-state index < -0.39 is 0 Å². The van der Waals surface area contributed by atoms with Gasteiger partial charge >= 0.3 is 5.97 Å². The van der Waals surface area contributed by atoms with Crippen molar-refractivity contribution in [2.45, 2.75) is 110 Å². The Morgan fingerprint density at radius 1 is 0.800 bits per heavy atom. The van der Waals surface area contributed by atoms with E-state index in [4.69, 9.17) is 4.74 Å². The van der Waals surface area contributed by atoms with Gasteiger partial charge in [-0.2, -0.15) is 0 Å². The molecule has 4 aliphatic rings. The molecule has 0 N–H and O–H groups in total. The van der Waals surface area contributed by atoms with Crippen LogP contribution in [0.3, 0.4) is 0 Å². The molecule has 4 fully saturated rings. The Kier molecular flexibility index (Phi) is 4.48. The molecule has 4 saturated carbocycles. The monoisotopic (exact) mass is 346 g/mol. The molecule has 0 amide bonds. The van der Waals surface area contributed by atoms with Gasteiger partial charge in [0.1, 0.15) is 5.60 Å². The molecule has 0 unspecified atom stereocenters. The Morgan fingerprint density at radius 3 is 1.84 bits per heavy atom. The second-order valence-electron chi connectivity index (χ2n) is 11.2. The lowest BCUT2D eigenvalue weighted by Gasteiger charge is -2.56. The third kappa shape index (κ3) is 3.65. The van der Waals surface area contributed by atoms with Gasteiger partial charge in [-0.05, 0) is 120 Å². The van der Waals surface area contributed by atoms with Crippen LogP contribution in [0.15, 0.2) is 0 Å². The summed E-state index contributed by atoms with van der Waals surface area (Å²) >= 11 is 0. The van der Waals surface area contributed by atoms with Crippen LogP contribution in [0.2, 0.25) is 0 Å². The van der Waals surface area contributed by atoms with Gasteiger partial charge in [0.25, 0.3) is 0 Å². The highest BCUT2D eigenvalue weighted by Crippen LogP contribution is 2.61. The lowest BCUT2D eigenvalue weighted by molar-refractivity contribution is -0.163. The van der Waals surface area contributed by atoms with Gasteiger partial charge in [-0.1, -0.05) is 6.42 Å². The highest BCUT2D eigenvalue weighted by atomic mass is 16.6. The Bertz CT molecular complexity index is 485. The molecule has 0 aromatic heterocycles. The third-order valence-corrected chi connectivity index (χ3v) is 8.35. The smallest absolute Gasteiger partial charge is 0.309 e. The van der Waals surface area contributed by atoms with Crippen LogP contribution in [-0.4, -0.2) is 11.6 Å². The van der Waals surface area contributed by atoms with Crippen molar-refractivity contribution in [1.82, 2.24) is 0 Å². The molecule has 0 radical (unpaired) electrons. The van der Waals surface area contributed by atoms with E-state index in [-0.39, 0.29) is 17.5 Å². The van der Waals surface area contributed by atoms with Crippen molar-refractivity contribution >= 4 is 5.97 Å². The van der Waals surface area contributed by atoms with Gasteiger partial charge in [-0.3, -0.25) is 4.79 Å². The molecule has 0 bridgehead atoms. The maximum absolute atomic E-state index is 12.3. The molecule has 2 spiro atoms. The first-order valence-corrected chi connectivity index (χ1v) is 11.0. The van der Waals surface area contributed by atoms with Crippen molar-refractivity contribution in [2.24, 2.45) is 28.6 Å². The van der Waals surface area contributed by atoms with Gasteiger partial charge in [-0.25, -0.2) is 0 Å². The summed E-state index contributed by atoms with van der Waals surface area (Å²) in [5.41, 5.74) is 1.07. The van der Waals surface area contributed by atoms with Crippen LogP contribution in [0, 0.1) is 28.6 Å². The Morgan fingerprint density at radius 2 is 1.36 bits per heavy atom. The van der Waals surface area contributed by atoms with Gasteiger partial charge in [0.2, 0.25) is 0 Å². The van der Waals surface area contributed by atoms with E-state index in [0.29, 0.717) is 5.41 Å². The maximum Gasteiger partial charge on any atom is 0.309 e. The molecule has 0 aliphatic heterocycles. The van der Waals surface area contributed by atoms with Crippen LogP contribution in [-0.2, 0) is 9.53 Å². The number of hydrogen-bond acceptors (Lipinski definition) is 2. The fraction of sp³-hybridized carbons (Fsp3) is 0.957. The summed E-state index contributed by atoms with van der Waals surface area (Å²) in [6.45, 7) is 5.93. The molecular formula is C23H38O2. The predicted octanol–water partition coefficient (Wildman–Crippen LogP) is 6.28. The molecular weight excluding hydrogens is 308 g/mol. The molecule has 0 aromatic carbocycles. The van der Waals surface area contributed by atoms with Crippen molar-refractivity contribution in [1.29, 1.82) is 0 Å². The van der Waals surface area contributed by atoms with E-state index in [2.05, 4.69) is 0 Å². The summed E-state index contributed by atoms with van der Waals surface area (Å²) in [7, 11) is 0. The zero-order valence-electron chi connectivity index (χ0n) is 16.7. The molecule has 0 heterocycles. The lowest BCUT2D eigenvalue weighted by atomic mass is 9.49. The van der Waals surface area contributed by atoms with Crippen molar-refractivity contribution in [3.63, 3.8) is 0 Å².